The minimum atomic E-state index is -0.386. The van der Waals surface area contributed by atoms with Gasteiger partial charge in [0, 0.05) is 6.54 Å². The van der Waals surface area contributed by atoms with Crippen molar-refractivity contribution in [3.63, 3.8) is 0 Å². The lowest BCUT2D eigenvalue weighted by atomic mass is 10.2. The Morgan fingerprint density at radius 1 is 1.33 bits per heavy atom. The number of aldehydes is 1. The van der Waals surface area contributed by atoms with E-state index in [1.165, 1.54) is 6.20 Å². The lowest BCUT2D eigenvalue weighted by molar-refractivity contribution is 0.112. The molecular formula is C12H12N4O2. The summed E-state index contributed by atoms with van der Waals surface area (Å²) in [4.78, 5) is 22.2. The Labute approximate surface area is 103 Å². The van der Waals surface area contributed by atoms with E-state index in [-0.39, 0.29) is 11.7 Å². The first-order valence-corrected chi connectivity index (χ1v) is 5.37. The van der Waals surface area contributed by atoms with Gasteiger partial charge in [-0.1, -0.05) is 30.3 Å². The maximum absolute atomic E-state index is 11.6. The van der Waals surface area contributed by atoms with E-state index in [1.54, 1.807) is 0 Å². The van der Waals surface area contributed by atoms with Gasteiger partial charge in [-0.05, 0) is 5.56 Å². The van der Waals surface area contributed by atoms with Crippen LogP contribution < -0.4 is 10.6 Å². The average molecular weight is 244 g/mol. The summed E-state index contributed by atoms with van der Waals surface area (Å²) < 4.78 is 0. The molecule has 0 fully saturated rings. The molecule has 1 aromatic carbocycles. The molecule has 0 aliphatic rings. The van der Waals surface area contributed by atoms with Crippen molar-refractivity contribution >= 4 is 18.0 Å². The molecule has 0 aliphatic heterocycles. The molecule has 2 rings (SSSR count). The third-order valence-corrected chi connectivity index (χ3v) is 2.33. The molecule has 0 bridgehead atoms. The number of hydrogen-bond donors (Lipinski definition) is 3. The Bertz CT molecular complexity index is 536. The van der Waals surface area contributed by atoms with E-state index in [4.69, 9.17) is 0 Å². The number of benzene rings is 1. The van der Waals surface area contributed by atoms with Crippen LogP contribution in [0.25, 0.3) is 0 Å². The number of carbonyl (C=O) groups excluding carboxylic acids is 2. The van der Waals surface area contributed by atoms with Gasteiger partial charge in [-0.25, -0.2) is 4.79 Å². The Morgan fingerprint density at radius 3 is 2.83 bits per heavy atom. The lowest BCUT2D eigenvalue weighted by Crippen LogP contribution is -2.28. The van der Waals surface area contributed by atoms with Crippen LogP contribution in [0.2, 0.25) is 0 Å². The normalized spacial score (nSPS) is 9.78. The molecule has 0 radical (unpaired) electrons. The highest BCUT2D eigenvalue weighted by Crippen LogP contribution is 2.08. The van der Waals surface area contributed by atoms with Crippen LogP contribution in [0.3, 0.4) is 0 Å². The van der Waals surface area contributed by atoms with Crippen molar-refractivity contribution in [1.82, 2.24) is 15.5 Å². The summed E-state index contributed by atoms with van der Waals surface area (Å²) in [6.07, 6.45) is 1.98. The maximum atomic E-state index is 11.6. The summed E-state index contributed by atoms with van der Waals surface area (Å²) in [5.41, 5.74) is 1.59. The summed E-state index contributed by atoms with van der Waals surface area (Å²) >= 11 is 0. The molecule has 1 heterocycles. The quantitative estimate of drug-likeness (QED) is 0.713. The largest absolute Gasteiger partial charge is 0.334 e. The number of hydrogen-bond acceptors (Lipinski definition) is 3. The predicted molar refractivity (Wildman–Crippen MR) is 66.3 cm³/mol. The van der Waals surface area contributed by atoms with Gasteiger partial charge in [0.1, 0.15) is 5.69 Å². The second-order valence-electron chi connectivity index (χ2n) is 3.61. The molecule has 0 unspecified atom stereocenters. The zero-order chi connectivity index (χ0) is 12.8. The van der Waals surface area contributed by atoms with Crippen LogP contribution in [0.1, 0.15) is 16.1 Å². The Morgan fingerprint density at radius 2 is 2.11 bits per heavy atom. The molecule has 92 valence electrons. The van der Waals surface area contributed by atoms with Gasteiger partial charge in [0.05, 0.1) is 11.9 Å². The highest BCUT2D eigenvalue weighted by Gasteiger charge is 2.07. The standard InChI is InChI=1S/C12H12N4O2/c17-8-11-10(7-14-16-11)15-12(18)13-6-9-4-2-1-3-5-9/h1-5,7-8H,6H2,(H,14,16)(H2,13,15,18). The van der Waals surface area contributed by atoms with Crippen LogP contribution in [0.5, 0.6) is 0 Å². The minimum absolute atomic E-state index is 0.241. The molecule has 1 aromatic heterocycles. The number of urea groups is 1. The van der Waals surface area contributed by atoms with Crippen molar-refractivity contribution in [2.75, 3.05) is 5.32 Å². The Kier molecular flexibility index (Phi) is 3.70. The van der Waals surface area contributed by atoms with Crippen molar-refractivity contribution in [2.24, 2.45) is 0 Å². The second-order valence-corrected chi connectivity index (χ2v) is 3.61. The second kappa shape index (κ2) is 5.62. The number of H-pyrrole nitrogens is 1. The SMILES string of the molecule is O=Cc1[nH]ncc1NC(=O)NCc1ccccc1. The molecule has 0 saturated carbocycles. The number of aromatic amines is 1. The average Bonchev–Trinajstić information content (AvgIpc) is 2.85. The van der Waals surface area contributed by atoms with Crippen molar-refractivity contribution in [2.45, 2.75) is 6.54 Å². The molecule has 6 heteroatoms. The molecule has 18 heavy (non-hydrogen) atoms. The van der Waals surface area contributed by atoms with Gasteiger partial charge in [0.15, 0.2) is 6.29 Å². The van der Waals surface area contributed by atoms with E-state index in [2.05, 4.69) is 20.8 Å². The number of aromatic nitrogens is 2. The van der Waals surface area contributed by atoms with Crippen molar-refractivity contribution in [3.05, 3.63) is 47.8 Å². The number of anilines is 1. The maximum Gasteiger partial charge on any atom is 0.319 e. The zero-order valence-electron chi connectivity index (χ0n) is 9.51. The molecule has 0 atom stereocenters. The topological polar surface area (TPSA) is 86.9 Å². The van der Waals surface area contributed by atoms with Crippen LogP contribution in [0, 0.1) is 0 Å². The van der Waals surface area contributed by atoms with Crippen LogP contribution in [0.15, 0.2) is 36.5 Å². The third kappa shape index (κ3) is 2.94. The van der Waals surface area contributed by atoms with Gasteiger partial charge in [-0.2, -0.15) is 5.10 Å². The minimum Gasteiger partial charge on any atom is -0.334 e. The molecule has 2 amide bonds. The number of amides is 2. The molecule has 0 spiro atoms. The molecular weight excluding hydrogens is 232 g/mol. The van der Waals surface area contributed by atoms with E-state index in [1.807, 2.05) is 30.3 Å². The summed E-state index contributed by atoms with van der Waals surface area (Å²) in [6.45, 7) is 0.418. The lowest BCUT2D eigenvalue weighted by Gasteiger charge is -2.06. The van der Waals surface area contributed by atoms with Crippen LogP contribution in [-0.4, -0.2) is 22.5 Å². The highest BCUT2D eigenvalue weighted by molar-refractivity contribution is 5.94. The first kappa shape index (κ1) is 11.8. The van der Waals surface area contributed by atoms with Gasteiger partial charge < -0.3 is 10.6 Å². The van der Waals surface area contributed by atoms with Crippen molar-refractivity contribution in [1.29, 1.82) is 0 Å². The van der Waals surface area contributed by atoms with Gasteiger partial charge in [-0.15, -0.1) is 0 Å². The van der Waals surface area contributed by atoms with Crippen molar-refractivity contribution < 1.29 is 9.59 Å². The smallest absolute Gasteiger partial charge is 0.319 e. The van der Waals surface area contributed by atoms with E-state index in [9.17, 15) is 9.59 Å². The molecule has 3 N–H and O–H groups in total. The van der Waals surface area contributed by atoms with Gasteiger partial charge >= 0.3 is 6.03 Å². The molecule has 0 aliphatic carbocycles. The van der Waals surface area contributed by atoms with E-state index in [0.717, 1.165) is 5.56 Å². The van der Waals surface area contributed by atoms with E-state index in [0.29, 0.717) is 18.5 Å². The summed E-state index contributed by atoms with van der Waals surface area (Å²) in [5, 5.41) is 11.4. The zero-order valence-corrected chi connectivity index (χ0v) is 9.51. The number of rotatable bonds is 4. The Balaban J connectivity index is 1.88. The van der Waals surface area contributed by atoms with E-state index < -0.39 is 0 Å². The predicted octanol–water partition coefficient (Wildman–Crippen LogP) is 1.54. The fourth-order valence-corrected chi connectivity index (χ4v) is 1.43. The van der Waals surface area contributed by atoms with Gasteiger partial charge in [0.2, 0.25) is 0 Å². The number of nitrogens with zero attached hydrogens (tertiary/aromatic N) is 1. The first-order chi connectivity index (χ1) is 8.79. The summed E-state index contributed by atoms with van der Waals surface area (Å²) in [6, 6.07) is 9.14. The summed E-state index contributed by atoms with van der Waals surface area (Å²) in [7, 11) is 0. The van der Waals surface area contributed by atoms with E-state index >= 15 is 0 Å². The van der Waals surface area contributed by atoms with Crippen LogP contribution in [-0.2, 0) is 6.54 Å². The molecule has 6 nitrogen and oxygen atoms in total. The third-order valence-electron chi connectivity index (χ3n) is 2.33. The monoisotopic (exact) mass is 244 g/mol. The van der Waals surface area contributed by atoms with Gasteiger partial charge in [0.25, 0.3) is 0 Å². The number of nitrogens with one attached hydrogen (secondary N) is 3. The molecule has 0 saturated heterocycles. The first-order valence-electron chi connectivity index (χ1n) is 5.37. The summed E-state index contributed by atoms with van der Waals surface area (Å²) in [5.74, 6) is 0. The fraction of sp³-hybridized carbons (Fsp3) is 0.0833. The Hall–Kier alpha value is -2.63. The van der Waals surface area contributed by atoms with Crippen molar-refractivity contribution in [3.8, 4) is 0 Å². The fourth-order valence-electron chi connectivity index (χ4n) is 1.43. The molecule has 2 aromatic rings. The number of carbonyl (C=O) groups is 2. The van der Waals surface area contributed by atoms with Crippen LogP contribution in [0.4, 0.5) is 10.5 Å². The highest BCUT2D eigenvalue weighted by atomic mass is 16.2. The van der Waals surface area contributed by atoms with Gasteiger partial charge in [-0.3, -0.25) is 9.89 Å². The van der Waals surface area contributed by atoms with Crippen LogP contribution >= 0.6 is 0 Å².